The van der Waals surface area contributed by atoms with E-state index >= 15 is 0 Å². The fourth-order valence-corrected chi connectivity index (χ4v) is 3.25. The van der Waals surface area contributed by atoms with E-state index in [4.69, 9.17) is 4.74 Å². The Balaban J connectivity index is 2.01. The van der Waals surface area contributed by atoms with Gasteiger partial charge in [-0.25, -0.2) is 0 Å². The number of phenolic OH excluding ortho intramolecular Hbond substituents is 1. The molecule has 0 heterocycles. The van der Waals surface area contributed by atoms with Gasteiger partial charge in [0.25, 0.3) is 0 Å². The first kappa shape index (κ1) is 15.2. The summed E-state index contributed by atoms with van der Waals surface area (Å²) in [6.07, 6.45) is 12.3. The van der Waals surface area contributed by atoms with E-state index in [-0.39, 0.29) is 11.4 Å². The summed E-state index contributed by atoms with van der Waals surface area (Å²) in [5, 5.41) is 9.94. The Morgan fingerprint density at radius 1 is 1.05 bits per heavy atom. The number of ether oxygens (including phenoxy) is 1. The third-order valence-corrected chi connectivity index (χ3v) is 4.44. The first-order valence-corrected chi connectivity index (χ1v) is 8.23. The summed E-state index contributed by atoms with van der Waals surface area (Å²) in [6, 6.07) is 7.38. The van der Waals surface area contributed by atoms with Crippen LogP contribution in [-0.4, -0.2) is 10.7 Å². The molecule has 1 N–H and O–H groups in total. The molecule has 0 aliphatic heterocycles. The van der Waals surface area contributed by atoms with E-state index in [1.807, 2.05) is 18.2 Å². The highest BCUT2D eigenvalue weighted by Gasteiger charge is 2.34. The summed E-state index contributed by atoms with van der Waals surface area (Å²) < 4.78 is 6.30. The normalized spacial score (nSPS) is 17.9. The van der Waals surface area contributed by atoms with Gasteiger partial charge in [-0.2, -0.15) is 0 Å². The molecule has 0 bridgehead atoms. The molecule has 1 aliphatic carbocycles. The van der Waals surface area contributed by atoms with Crippen LogP contribution in [0.15, 0.2) is 24.3 Å². The molecule has 0 radical (unpaired) electrons. The largest absolute Gasteiger partial charge is 0.504 e. The average molecular weight is 276 g/mol. The third kappa shape index (κ3) is 4.16. The zero-order valence-corrected chi connectivity index (χ0v) is 12.7. The van der Waals surface area contributed by atoms with Crippen molar-refractivity contribution in [2.24, 2.45) is 0 Å². The fourth-order valence-electron chi connectivity index (χ4n) is 3.25. The number of para-hydroxylation sites is 2. The van der Waals surface area contributed by atoms with E-state index < -0.39 is 0 Å². The molecule has 2 nitrogen and oxygen atoms in total. The van der Waals surface area contributed by atoms with Crippen LogP contribution in [0, 0.1) is 0 Å². The van der Waals surface area contributed by atoms with Gasteiger partial charge in [0.15, 0.2) is 11.5 Å². The Morgan fingerprint density at radius 2 is 1.80 bits per heavy atom. The maximum absolute atomic E-state index is 9.94. The van der Waals surface area contributed by atoms with Crippen LogP contribution in [0.25, 0.3) is 0 Å². The summed E-state index contributed by atoms with van der Waals surface area (Å²) in [7, 11) is 0. The molecule has 0 saturated heterocycles. The van der Waals surface area contributed by atoms with Crippen LogP contribution in [0.2, 0.25) is 0 Å². The molecule has 20 heavy (non-hydrogen) atoms. The van der Waals surface area contributed by atoms with Crippen LogP contribution in [0.1, 0.15) is 71.1 Å². The average Bonchev–Trinajstić information content (AvgIpc) is 2.47. The summed E-state index contributed by atoms with van der Waals surface area (Å²) in [6.45, 7) is 2.24. The fraction of sp³-hybridized carbons (Fsp3) is 0.667. The molecule has 0 aromatic heterocycles. The van der Waals surface area contributed by atoms with Crippen LogP contribution < -0.4 is 4.74 Å². The summed E-state index contributed by atoms with van der Waals surface area (Å²) in [4.78, 5) is 0. The third-order valence-electron chi connectivity index (χ3n) is 4.44. The van der Waals surface area contributed by atoms with Gasteiger partial charge in [0, 0.05) is 0 Å². The maximum Gasteiger partial charge on any atom is 0.161 e. The van der Waals surface area contributed by atoms with Crippen molar-refractivity contribution in [1.29, 1.82) is 0 Å². The molecular weight excluding hydrogens is 248 g/mol. The molecule has 0 amide bonds. The number of hydrogen-bond donors (Lipinski definition) is 1. The zero-order chi connectivity index (χ0) is 14.3. The molecular formula is C18H28O2. The Morgan fingerprint density at radius 3 is 2.50 bits per heavy atom. The summed E-state index contributed by atoms with van der Waals surface area (Å²) in [5.74, 6) is 0.927. The molecule has 1 fully saturated rings. The highest BCUT2D eigenvalue weighted by atomic mass is 16.5. The van der Waals surface area contributed by atoms with Crippen molar-refractivity contribution in [3.8, 4) is 11.5 Å². The molecule has 1 aromatic rings. The van der Waals surface area contributed by atoms with E-state index in [0.29, 0.717) is 5.75 Å². The highest BCUT2D eigenvalue weighted by molar-refractivity contribution is 5.38. The van der Waals surface area contributed by atoms with Crippen LogP contribution in [0.5, 0.6) is 11.5 Å². The number of unbranched alkanes of at least 4 members (excludes halogenated alkanes) is 3. The second kappa shape index (κ2) is 7.56. The molecule has 1 aliphatic rings. The molecule has 0 unspecified atom stereocenters. The lowest BCUT2D eigenvalue weighted by Crippen LogP contribution is -2.38. The predicted octanol–water partition coefficient (Wildman–Crippen LogP) is 5.44. The van der Waals surface area contributed by atoms with Crippen molar-refractivity contribution in [3.05, 3.63) is 24.3 Å². The highest BCUT2D eigenvalue weighted by Crippen LogP contribution is 2.39. The van der Waals surface area contributed by atoms with E-state index in [9.17, 15) is 5.11 Å². The topological polar surface area (TPSA) is 29.5 Å². The smallest absolute Gasteiger partial charge is 0.161 e. The van der Waals surface area contributed by atoms with Gasteiger partial charge in [0.1, 0.15) is 5.60 Å². The van der Waals surface area contributed by atoms with Crippen molar-refractivity contribution >= 4 is 0 Å². The van der Waals surface area contributed by atoms with E-state index in [1.54, 1.807) is 6.07 Å². The Hall–Kier alpha value is -1.18. The lowest BCUT2D eigenvalue weighted by atomic mass is 9.81. The molecule has 0 atom stereocenters. The second-order valence-corrected chi connectivity index (χ2v) is 6.12. The van der Waals surface area contributed by atoms with Gasteiger partial charge < -0.3 is 9.84 Å². The van der Waals surface area contributed by atoms with Crippen LogP contribution >= 0.6 is 0 Å². The minimum absolute atomic E-state index is 0.0369. The van der Waals surface area contributed by atoms with Crippen LogP contribution in [0.4, 0.5) is 0 Å². The van der Waals surface area contributed by atoms with Crippen LogP contribution in [-0.2, 0) is 0 Å². The maximum atomic E-state index is 9.94. The summed E-state index contributed by atoms with van der Waals surface area (Å²) >= 11 is 0. The van der Waals surface area contributed by atoms with E-state index in [2.05, 4.69) is 6.92 Å². The zero-order valence-electron chi connectivity index (χ0n) is 12.7. The molecule has 2 rings (SSSR count). The minimum Gasteiger partial charge on any atom is -0.504 e. The SMILES string of the molecule is CCCCCCC1(Oc2ccccc2O)CCCCC1. The quantitative estimate of drug-likeness (QED) is 0.671. The van der Waals surface area contributed by atoms with Gasteiger partial charge in [-0.1, -0.05) is 44.7 Å². The monoisotopic (exact) mass is 276 g/mol. The lowest BCUT2D eigenvalue weighted by Gasteiger charge is -2.38. The van der Waals surface area contributed by atoms with Crippen molar-refractivity contribution in [2.45, 2.75) is 76.7 Å². The standard InChI is InChI=1S/C18H28O2/c1-2-3-4-8-13-18(14-9-5-10-15-18)20-17-12-7-6-11-16(17)19/h6-7,11-12,19H,2-5,8-10,13-15H2,1H3. The number of benzene rings is 1. The Bertz CT molecular complexity index is 394. The van der Waals surface area contributed by atoms with Crippen molar-refractivity contribution < 1.29 is 9.84 Å². The Kier molecular flexibility index (Phi) is 5.75. The lowest BCUT2D eigenvalue weighted by molar-refractivity contribution is 0.0174. The molecule has 1 aromatic carbocycles. The van der Waals surface area contributed by atoms with Gasteiger partial charge in [-0.05, 0) is 50.7 Å². The van der Waals surface area contributed by atoms with Gasteiger partial charge in [0.05, 0.1) is 0 Å². The second-order valence-electron chi connectivity index (χ2n) is 6.12. The number of phenols is 1. The van der Waals surface area contributed by atoms with Gasteiger partial charge in [-0.15, -0.1) is 0 Å². The molecule has 2 heteroatoms. The molecule has 112 valence electrons. The van der Waals surface area contributed by atoms with Crippen molar-refractivity contribution in [1.82, 2.24) is 0 Å². The van der Waals surface area contributed by atoms with Gasteiger partial charge in [0.2, 0.25) is 0 Å². The molecule has 0 spiro atoms. The first-order chi connectivity index (χ1) is 9.76. The number of aromatic hydroxyl groups is 1. The minimum atomic E-state index is -0.0369. The van der Waals surface area contributed by atoms with Gasteiger partial charge in [-0.3, -0.25) is 0 Å². The first-order valence-electron chi connectivity index (χ1n) is 8.23. The van der Waals surface area contributed by atoms with E-state index in [0.717, 1.165) is 19.3 Å². The number of hydrogen-bond acceptors (Lipinski definition) is 2. The van der Waals surface area contributed by atoms with Crippen molar-refractivity contribution in [3.63, 3.8) is 0 Å². The predicted molar refractivity (Wildman–Crippen MR) is 83.3 cm³/mol. The number of rotatable bonds is 7. The molecule has 1 saturated carbocycles. The van der Waals surface area contributed by atoms with Gasteiger partial charge >= 0.3 is 0 Å². The summed E-state index contributed by atoms with van der Waals surface area (Å²) in [5.41, 5.74) is -0.0369. The van der Waals surface area contributed by atoms with E-state index in [1.165, 1.54) is 44.9 Å². The van der Waals surface area contributed by atoms with Crippen molar-refractivity contribution in [2.75, 3.05) is 0 Å². The van der Waals surface area contributed by atoms with Crippen LogP contribution in [0.3, 0.4) is 0 Å². The Labute approximate surface area is 123 Å².